The zero-order chi connectivity index (χ0) is 15.6. The van der Waals surface area contributed by atoms with Crippen LogP contribution >= 0.6 is 0 Å². The fraction of sp³-hybridized carbons (Fsp3) is 0.462. The second-order valence-electron chi connectivity index (χ2n) is 5.07. The number of nitrogens with two attached hydrogens (primary N) is 1. The van der Waals surface area contributed by atoms with Crippen LogP contribution < -0.4 is 11.1 Å². The maximum Gasteiger partial charge on any atom is 0.418 e. The normalized spacial score (nSPS) is 12.3. The summed E-state index contributed by atoms with van der Waals surface area (Å²) in [6.45, 7) is 3.65. The molecule has 0 aliphatic carbocycles. The predicted molar refractivity (Wildman–Crippen MR) is 69.3 cm³/mol. The number of hydrogen-bond donors (Lipinski definition) is 2. The van der Waals surface area contributed by atoms with Crippen molar-refractivity contribution in [1.29, 1.82) is 0 Å². The molecule has 0 spiro atoms. The van der Waals surface area contributed by atoms with Crippen LogP contribution in [0, 0.1) is 0 Å². The highest BCUT2D eigenvalue weighted by Gasteiger charge is 2.34. The summed E-state index contributed by atoms with van der Waals surface area (Å²) in [4.78, 5) is 12.0. The number of benzene rings is 1. The zero-order valence-electron chi connectivity index (χ0n) is 11.5. The largest absolute Gasteiger partial charge is 0.418 e. The lowest BCUT2D eigenvalue weighted by atomic mass is 10.0. The van der Waals surface area contributed by atoms with Gasteiger partial charge in [0.2, 0.25) is 0 Å². The molecule has 3 N–H and O–H groups in total. The highest BCUT2D eigenvalue weighted by atomic mass is 19.4. The van der Waals surface area contributed by atoms with E-state index < -0.39 is 28.9 Å². The molecule has 4 nitrogen and oxygen atoms in total. The minimum atomic E-state index is -4.59. The van der Waals surface area contributed by atoms with Gasteiger partial charge in [-0.05, 0) is 32.0 Å². The Hall–Kier alpha value is -1.76. The third kappa shape index (κ3) is 4.12. The summed E-state index contributed by atoms with van der Waals surface area (Å²) in [7, 11) is 1.47. The van der Waals surface area contributed by atoms with E-state index in [4.69, 9.17) is 10.5 Å². The SMILES string of the molecule is COCC(C)(C)NC(=O)c1ccc(N)c(C(F)(F)F)c1. The van der Waals surface area contributed by atoms with Crippen LogP contribution in [0.3, 0.4) is 0 Å². The van der Waals surface area contributed by atoms with Crippen LogP contribution in [0.1, 0.15) is 29.8 Å². The quantitative estimate of drug-likeness (QED) is 0.837. The molecule has 0 aliphatic rings. The summed E-state index contributed by atoms with van der Waals surface area (Å²) < 4.78 is 43.1. The fourth-order valence-electron chi connectivity index (χ4n) is 1.72. The highest BCUT2D eigenvalue weighted by molar-refractivity contribution is 5.95. The number of nitrogens with one attached hydrogen (secondary N) is 1. The Morgan fingerprint density at radius 1 is 1.35 bits per heavy atom. The van der Waals surface area contributed by atoms with Gasteiger partial charge in [0, 0.05) is 18.4 Å². The van der Waals surface area contributed by atoms with Gasteiger partial charge >= 0.3 is 6.18 Å². The summed E-state index contributed by atoms with van der Waals surface area (Å²) in [5.41, 5.74) is 3.06. The molecule has 0 bridgehead atoms. The second-order valence-corrected chi connectivity index (χ2v) is 5.07. The average Bonchev–Trinajstić information content (AvgIpc) is 2.26. The number of alkyl halides is 3. The van der Waals surface area contributed by atoms with E-state index in [-0.39, 0.29) is 12.2 Å². The Morgan fingerprint density at radius 2 is 1.95 bits per heavy atom. The molecule has 0 unspecified atom stereocenters. The first-order valence-electron chi connectivity index (χ1n) is 5.85. The zero-order valence-corrected chi connectivity index (χ0v) is 11.5. The van der Waals surface area contributed by atoms with E-state index in [0.29, 0.717) is 0 Å². The fourth-order valence-corrected chi connectivity index (χ4v) is 1.72. The highest BCUT2D eigenvalue weighted by Crippen LogP contribution is 2.34. The van der Waals surface area contributed by atoms with Crippen LogP contribution in [0.25, 0.3) is 0 Å². The van der Waals surface area contributed by atoms with E-state index in [1.165, 1.54) is 13.2 Å². The first-order chi connectivity index (χ1) is 9.07. The van der Waals surface area contributed by atoms with Crippen molar-refractivity contribution in [3.05, 3.63) is 29.3 Å². The molecule has 1 aromatic carbocycles. The summed E-state index contributed by atoms with van der Waals surface area (Å²) in [5, 5.41) is 2.60. The molecule has 0 fully saturated rings. The third-order valence-electron chi connectivity index (χ3n) is 2.58. The number of amides is 1. The topological polar surface area (TPSA) is 64.3 Å². The van der Waals surface area contributed by atoms with Crippen LogP contribution in [0.2, 0.25) is 0 Å². The molecule has 0 heterocycles. The van der Waals surface area contributed by atoms with Crippen molar-refractivity contribution in [1.82, 2.24) is 5.32 Å². The van der Waals surface area contributed by atoms with E-state index in [9.17, 15) is 18.0 Å². The van der Waals surface area contributed by atoms with E-state index in [1.54, 1.807) is 13.8 Å². The maximum absolute atomic E-state index is 12.7. The van der Waals surface area contributed by atoms with Crippen LogP contribution in [0.4, 0.5) is 18.9 Å². The predicted octanol–water partition coefficient (Wildman–Crippen LogP) is 2.44. The first kappa shape index (κ1) is 16.3. The number of halogens is 3. The molecule has 1 aromatic rings. The Kier molecular flexibility index (Phi) is 4.65. The lowest BCUT2D eigenvalue weighted by Gasteiger charge is -2.25. The van der Waals surface area contributed by atoms with Crippen molar-refractivity contribution in [2.75, 3.05) is 19.5 Å². The van der Waals surface area contributed by atoms with E-state index in [0.717, 1.165) is 12.1 Å². The van der Waals surface area contributed by atoms with Crippen molar-refractivity contribution < 1.29 is 22.7 Å². The van der Waals surface area contributed by atoms with Gasteiger partial charge < -0.3 is 15.8 Å². The lowest BCUT2D eigenvalue weighted by molar-refractivity contribution is -0.136. The second kappa shape index (κ2) is 5.70. The molecule has 0 radical (unpaired) electrons. The summed E-state index contributed by atoms with van der Waals surface area (Å²) in [6.07, 6.45) is -4.59. The molecule has 0 saturated heterocycles. The Morgan fingerprint density at radius 3 is 2.45 bits per heavy atom. The maximum atomic E-state index is 12.7. The smallest absolute Gasteiger partial charge is 0.398 e. The van der Waals surface area contributed by atoms with Crippen molar-refractivity contribution in [3.8, 4) is 0 Å². The molecule has 0 aliphatic heterocycles. The van der Waals surface area contributed by atoms with E-state index in [2.05, 4.69) is 5.32 Å². The van der Waals surface area contributed by atoms with Gasteiger partial charge in [-0.2, -0.15) is 13.2 Å². The van der Waals surface area contributed by atoms with Gasteiger partial charge in [0.15, 0.2) is 0 Å². The molecular weight excluding hydrogens is 273 g/mol. The molecule has 0 saturated carbocycles. The number of rotatable bonds is 4. The Labute approximate surface area is 115 Å². The minimum absolute atomic E-state index is 0.101. The molecule has 1 rings (SSSR count). The molecular formula is C13H17F3N2O2. The van der Waals surface area contributed by atoms with Crippen LogP contribution in [0.5, 0.6) is 0 Å². The van der Waals surface area contributed by atoms with Crippen molar-refractivity contribution in [3.63, 3.8) is 0 Å². The number of nitrogen functional groups attached to an aromatic ring is 1. The molecule has 7 heteroatoms. The van der Waals surface area contributed by atoms with Gasteiger partial charge in [-0.1, -0.05) is 0 Å². The Balaban J connectivity index is 3.01. The third-order valence-corrected chi connectivity index (χ3v) is 2.58. The van der Waals surface area contributed by atoms with Gasteiger partial charge in [0.05, 0.1) is 17.7 Å². The number of anilines is 1. The van der Waals surface area contributed by atoms with Crippen LogP contribution in [-0.2, 0) is 10.9 Å². The number of carbonyl (C=O) groups is 1. The average molecular weight is 290 g/mol. The Bertz CT molecular complexity index is 499. The monoisotopic (exact) mass is 290 g/mol. The van der Waals surface area contributed by atoms with E-state index >= 15 is 0 Å². The molecule has 1 amide bonds. The van der Waals surface area contributed by atoms with Gasteiger partial charge in [-0.15, -0.1) is 0 Å². The van der Waals surface area contributed by atoms with Gasteiger partial charge in [-0.3, -0.25) is 4.79 Å². The standard InChI is InChI=1S/C13H17F3N2O2/c1-12(2,7-20-3)18-11(19)8-4-5-10(17)9(6-8)13(14,15)16/h4-6H,7,17H2,1-3H3,(H,18,19). The molecule has 112 valence electrons. The minimum Gasteiger partial charge on any atom is -0.398 e. The molecule has 0 aromatic heterocycles. The molecule has 0 atom stereocenters. The number of hydrogen-bond acceptors (Lipinski definition) is 3. The van der Waals surface area contributed by atoms with Gasteiger partial charge in [-0.25, -0.2) is 0 Å². The van der Waals surface area contributed by atoms with Gasteiger partial charge in [0.1, 0.15) is 0 Å². The van der Waals surface area contributed by atoms with Crippen molar-refractivity contribution in [2.24, 2.45) is 0 Å². The summed E-state index contributed by atoms with van der Waals surface area (Å²) in [5.74, 6) is -0.613. The first-order valence-corrected chi connectivity index (χ1v) is 5.85. The molecule has 20 heavy (non-hydrogen) atoms. The summed E-state index contributed by atoms with van der Waals surface area (Å²) in [6, 6.07) is 3.07. The van der Waals surface area contributed by atoms with Gasteiger partial charge in [0.25, 0.3) is 5.91 Å². The lowest BCUT2D eigenvalue weighted by Crippen LogP contribution is -2.46. The number of ether oxygens (including phenoxy) is 1. The van der Waals surface area contributed by atoms with Crippen LogP contribution in [-0.4, -0.2) is 25.2 Å². The summed E-state index contributed by atoms with van der Waals surface area (Å²) >= 11 is 0. The van der Waals surface area contributed by atoms with Crippen molar-refractivity contribution in [2.45, 2.75) is 25.6 Å². The number of carbonyl (C=O) groups excluding carboxylic acids is 1. The van der Waals surface area contributed by atoms with Crippen LogP contribution in [0.15, 0.2) is 18.2 Å². The van der Waals surface area contributed by atoms with E-state index in [1.807, 2.05) is 0 Å². The van der Waals surface area contributed by atoms with Crippen molar-refractivity contribution >= 4 is 11.6 Å². The number of methoxy groups -OCH3 is 1.